The molecule has 1 N–H and O–H groups in total. The number of nitrogens with one attached hydrogen (secondary N) is 1. The Balaban J connectivity index is 2.14. The summed E-state index contributed by atoms with van der Waals surface area (Å²) in [4.78, 5) is 13.7. The number of carbonyl (C=O) groups excluding carboxylic acids is 1. The van der Waals surface area contributed by atoms with Crippen molar-refractivity contribution in [2.45, 2.75) is 6.42 Å². The smallest absolute Gasteiger partial charge is 0.244 e. The van der Waals surface area contributed by atoms with Crippen molar-refractivity contribution < 1.29 is 4.79 Å². The van der Waals surface area contributed by atoms with Crippen LogP contribution in [0.15, 0.2) is 35.4 Å². The number of carbonyl (C=O) groups is 1. The second-order valence-electron chi connectivity index (χ2n) is 4.56. The molecule has 0 fully saturated rings. The molecular formula is C13H17N3O. The first-order chi connectivity index (χ1) is 8.16. The molecule has 1 aliphatic heterocycles. The SMILES string of the molecule is CN(C)CC1CC(c2ccccc2)=NNC1=O. The maximum atomic E-state index is 11.7. The zero-order valence-corrected chi connectivity index (χ0v) is 10.2. The fraction of sp³-hybridized carbons (Fsp3) is 0.385. The van der Waals surface area contributed by atoms with Crippen LogP contribution in [-0.4, -0.2) is 37.2 Å². The van der Waals surface area contributed by atoms with E-state index in [1.807, 2.05) is 49.3 Å². The largest absolute Gasteiger partial charge is 0.309 e. The average Bonchev–Trinajstić information content (AvgIpc) is 2.32. The Morgan fingerprint density at radius 1 is 1.35 bits per heavy atom. The molecule has 0 bridgehead atoms. The van der Waals surface area contributed by atoms with Gasteiger partial charge in [0.1, 0.15) is 0 Å². The van der Waals surface area contributed by atoms with Crippen LogP contribution in [0, 0.1) is 5.92 Å². The lowest BCUT2D eigenvalue weighted by atomic mass is 9.95. The molecule has 1 heterocycles. The highest BCUT2D eigenvalue weighted by atomic mass is 16.2. The molecule has 1 amide bonds. The van der Waals surface area contributed by atoms with E-state index >= 15 is 0 Å². The van der Waals surface area contributed by atoms with Crippen LogP contribution >= 0.6 is 0 Å². The molecule has 1 atom stereocenters. The predicted octanol–water partition coefficient (Wildman–Crippen LogP) is 1.09. The lowest BCUT2D eigenvalue weighted by Crippen LogP contribution is -2.40. The van der Waals surface area contributed by atoms with E-state index in [1.165, 1.54) is 0 Å². The molecule has 2 rings (SSSR count). The van der Waals surface area contributed by atoms with Crippen molar-refractivity contribution in [3.63, 3.8) is 0 Å². The van der Waals surface area contributed by atoms with Crippen molar-refractivity contribution in [2.24, 2.45) is 11.0 Å². The molecule has 0 radical (unpaired) electrons. The molecule has 0 saturated carbocycles. The highest BCUT2D eigenvalue weighted by molar-refractivity contribution is 6.04. The topological polar surface area (TPSA) is 44.7 Å². The number of amides is 1. The van der Waals surface area contributed by atoms with E-state index < -0.39 is 0 Å². The Kier molecular flexibility index (Phi) is 3.54. The summed E-state index contributed by atoms with van der Waals surface area (Å²) in [5.74, 6) is -0.00362. The molecule has 90 valence electrons. The minimum Gasteiger partial charge on any atom is -0.309 e. The number of hydrogen-bond acceptors (Lipinski definition) is 3. The van der Waals surface area contributed by atoms with Crippen molar-refractivity contribution in [1.82, 2.24) is 10.3 Å². The Hall–Kier alpha value is -1.68. The number of nitrogens with zero attached hydrogens (tertiary/aromatic N) is 2. The van der Waals surface area contributed by atoms with E-state index in [0.717, 1.165) is 17.8 Å². The van der Waals surface area contributed by atoms with Gasteiger partial charge in [-0.3, -0.25) is 4.79 Å². The van der Waals surface area contributed by atoms with Crippen LogP contribution in [0.1, 0.15) is 12.0 Å². The number of benzene rings is 1. The first kappa shape index (κ1) is 11.8. The van der Waals surface area contributed by atoms with E-state index in [2.05, 4.69) is 10.5 Å². The Labute approximate surface area is 101 Å². The van der Waals surface area contributed by atoms with Gasteiger partial charge in [0.05, 0.1) is 11.6 Å². The average molecular weight is 231 g/mol. The van der Waals surface area contributed by atoms with Gasteiger partial charge in [-0.2, -0.15) is 5.10 Å². The molecular weight excluding hydrogens is 214 g/mol. The predicted molar refractivity (Wildman–Crippen MR) is 67.8 cm³/mol. The van der Waals surface area contributed by atoms with Crippen LogP contribution in [0.3, 0.4) is 0 Å². The first-order valence-corrected chi connectivity index (χ1v) is 5.73. The molecule has 1 aliphatic rings. The second-order valence-corrected chi connectivity index (χ2v) is 4.56. The van der Waals surface area contributed by atoms with Crippen LogP contribution in [0.4, 0.5) is 0 Å². The Morgan fingerprint density at radius 2 is 2.06 bits per heavy atom. The summed E-state index contributed by atoms with van der Waals surface area (Å²) >= 11 is 0. The number of hydrazone groups is 1. The summed E-state index contributed by atoms with van der Waals surface area (Å²) in [5.41, 5.74) is 4.64. The third-order valence-corrected chi connectivity index (χ3v) is 2.80. The lowest BCUT2D eigenvalue weighted by Gasteiger charge is -2.24. The second kappa shape index (κ2) is 5.10. The summed E-state index contributed by atoms with van der Waals surface area (Å²) in [6, 6.07) is 9.97. The van der Waals surface area contributed by atoms with Crippen LogP contribution in [0.25, 0.3) is 0 Å². The van der Waals surface area contributed by atoms with E-state index in [9.17, 15) is 4.79 Å². The van der Waals surface area contributed by atoms with Crippen molar-refractivity contribution in [3.8, 4) is 0 Å². The van der Waals surface area contributed by atoms with Gasteiger partial charge in [0.25, 0.3) is 0 Å². The summed E-state index contributed by atoms with van der Waals surface area (Å²) in [5, 5.41) is 4.14. The van der Waals surface area contributed by atoms with Crippen molar-refractivity contribution in [2.75, 3.05) is 20.6 Å². The molecule has 4 nitrogen and oxygen atoms in total. The van der Waals surface area contributed by atoms with Crippen molar-refractivity contribution in [1.29, 1.82) is 0 Å². The van der Waals surface area contributed by atoms with Gasteiger partial charge in [-0.15, -0.1) is 0 Å². The highest BCUT2D eigenvalue weighted by Gasteiger charge is 2.25. The number of rotatable bonds is 3. The fourth-order valence-electron chi connectivity index (χ4n) is 1.99. The molecule has 1 unspecified atom stereocenters. The third-order valence-electron chi connectivity index (χ3n) is 2.80. The zero-order valence-electron chi connectivity index (χ0n) is 10.2. The third kappa shape index (κ3) is 2.91. The van der Waals surface area contributed by atoms with Crippen LogP contribution in [-0.2, 0) is 4.79 Å². The maximum Gasteiger partial charge on any atom is 0.244 e. The van der Waals surface area contributed by atoms with E-state index in [0.29, 0.717) is 6.42 Å². The summed E-state index contributed by atoms with van der Waals surface area (Å²) in [6.45, 7) is 0.748. The number of hydrogen-bond donors (Lipinski definition) is 1. The van der Waals surface area contributed by atoms with Gasteiger partial charge in [-0.1, -0.05) is 30.3 Å². The zero-order chi connectivity index (χ0) is 12.3. The minimum atomic E-state index is -0.0160. The quantitative estimate of drug-likeness (QED) is 0.846. The van der Waals surface area contributed by atoms with E-state index in [1.54, 1.807) is 0 Å². The van der Waals surface area contributed by atoms with Gasteiger partial charge in [-0.25, -0.2) is 5.43 Å². The van der Waals surface area contributed by atoms with Gasteiger partial charge in [0.2, 0.25) is 5.91 Å². The molecule has 0 spiro atoms. The van der Waals surface area contributed by atoms with Gasteiger partial charge in [0.15, 0.2) is 0 Å². The van der Waals surface area contributed by atoms with Crippen LogP contribution < -0.4 is 5.43 Å². The highest BCUT2D eigenvalue weighted by Crippen LogP contribution is 2.15. The van der Waals surface area contributed by atoms with Crippen molar-refractivity contribution in [3.05, 3.63) is 35.9 Å². The maximum absolute atomic E-state index is 11.7. The van der Waals surface area contributed by atoms with Crippen molar-refractivity contribution >= 4 is 11.6 Å². The molecule has 1 aromatic rings. The minimum absolute atomic E-state index is 0.0124. The summed E-state index contributed by atoms with van der Waals surface area (Å²) < 4.78 is 0. The monoisotopic (exact) mass is 231 g/mol. The Morgan fingerprint density at radius 3 is 2.71 bits per heavy atom. The Bertz CT molecular complexity index is 426. The normalized spacial score (nSPS) is 20.1. The lowest BCUT2D eigenvalue weighted by molar-refractivity contribution is -0.125. The van der Waals surface area contributed by atoms with Crippen LogP contribution in [0.2, 0.25) is 0 Å². The fourth-order valence-corrected chi connectivity index (χ4v) is 1.99. The van der Waals surface area contributed by atoms with Gasteiger partial charge < -0.3 is 4.90 Å². The van der Waals surface area contributed by atoms with Gasteiger partial charge in [-0.05, 0) is 19.7 Å². The first-order valence-electron chi connectivity index (χ1n) is 5.73. The molecule has 0 aromatic heterocycles. The standard InChI is InChI=1S/C13H17N3O/c1-16(2)9-11-8-12(14-15-13(11)17)10-6-4-3-5-7-10/h3-7,11H,8-9H2,1-2H3,(H,15,17). The molecule has 4 heteroatoms. The van der Waals surface area contributed by atoms with Gasteiger partial charge in [0, 0.05) is 13.0 Å². The molecule has 0 saturated heterocycles. The summed E-state index contributed by atoms with van der Waals surface area (Å²) in [6.07, 6.45) is 0.702. The van der Waals surface area contributed by atoms with E-state index in [4.69, 9.17) is 0 Å². The molecule has 1 aromatic carbocycles. The van der Waals surface area contributed by atoms with Crippen LogP contribution in [0.5, 0.6) is 0 Å². The molecule has 17 heavy (non-hydrogen) atoms. The summed E-state index contributed by atoms with van der Waals surface area (Å²) in [7, 11) is 3.95. The van der Waals surface area contributed by atoms with Gasteiger partial charge >= 0.3 is 0 Å². The molecule has 0 aliphatic carbocycles. The van der Waals surface area contributed by atoms with E-state index in [-0.39, 0.29) is 11.8 Å².